The smallest absolute Gasteiger partial charge is 0.207 e. The van der Waals surface area contributed by atoms with E-state index >= 15 is 0 Å². The molecular weight excluding hydrogens is 418 g/mol. The summed E-state index contributed by atoms with van der Waals surface area (Å²) < 4.78 is 29.2. The summed E-state index contributed by atoms with van der Waals surface area (Å²) in [5, 5.41) is 0. The van der Waals surface area contributed by atoms with Crippen LogP contribution in [-0.4, -0.2) is 8.42 Å². The minimum absolute atomic E-state index is 0.228. The van der Waals surface area contributed by atoms with E-state index < -0.39 is 10.0 Å². The van der Waals surface area contributed by atoms with Gasteiger partial charge < -0.3 is 0 Å². The molecule has 1 atom stereocenters. The summed E-state index contributed by atoms with van der Waals surface area (Å²) in [6, 6.07) is 14.4. The third kappa shape index (κ3) is 4.16. The van der Waals surface area contributed by atoms with Gasteiger partial charge in [-0.15, -0.1) is 0 Å². The molecule has 0 bridgehead atoms. The summed E-state index contributed by atoms with van der Waals surface area (Å²) in [4.78, 5) is 0.228. The molecule has 1 N–H and O–H groups in total. The van der Waals surface area contributed by atoms with Gasteiger partial charge >= 0.3 is 0 Å². The van der Waals surface area contributed by atoms with Gasteiger partial charge in [-0.3, -0.25) is 0 Å². The second-order valence-corrected chi connectivity index (χ2v) is 8.02. The fraction of sp³-hybridized carbons (Fsp3) is 0.200. The lowest BCUT2D eigenvalue weighted by molar-refractivity contribution is 0.549. The molecule has 0 aliphatic carbocycles. The first-order valence-corrected chi connectivity index (χ1v) is 9.53. The lowest BCUT2D eigenvalue weighted by Gasteiger charge is -2.18. The largest absolute Gasteiger partial charge is 0.242 e. The molecule has 0 saturated carbocycles. The van der Waals surface area contributed by atoms with Gasteiger partial charge in [0.2, 0.25) is 10.0 Å². The lowest BCUT2D eigenvalue weighted by Crippen LogP contribution is -2.28. The van der Waals surface area contributed by atoms with Crippen molar-refractivity contribution >= 4 is 41.9 Å². The summed E-state index contributed by atoms with van der Waals surface area (Å²) in [6.07, 6.45) is 0.675. The second kappa shape index (κ2) is 7.05. The van der Waals surface area contributed by atoms with Crippen LogP contribution in [0, 0.1) is 0 Å². The number of halogens is 2. The minimum atomic E-state index is -3.60. The Labute approximate surface area is 142 Å². The van der Waals surface area contributed by atoms with Crippen LogP contribution in [-0.2, 0) is 10.0 Å². The summed E-state index contributed by atoms with van der Waals surface area (Å²) in [5.74, 6) is 0. The third-order valence-electron chi connectivity index (χ3n) is 3.09. The fourth-order valence-electron chi connectivity index (χ4n) is 2.01. The molecule has 0 spiro atoms. The van der Waals surface area contributed by atoms with E-state index in [1.165, 1.54) is 0 Å². The van der Waals surface area contributed by atoms with E-state index in [-0.39, 0.29) is 10.9 Å². The van der Waals surface area contributed by atoms with Gasteiger partial charge in [0, 0.05) is 15.0 Å². The van der Waals surface area contributed by atoms with Crippen LogP contribution in [0.15, 0.2) is 62.4 Å². The second-order valence-electron chi connectivity index (χ2n) is 4.57. The lowest BCUT2D eigenvalue weighted by atomic mass is 10.1. The summed E-state index contributed by atoms with van der Waals surface area (Å²) in [6.45, 7) is 1.95. The van der Waals surface area contributed by atoms with Crippen LogP contribution in [0.25, 0.3) is 0 Å². The maximum absolute atomic E-state index is 12.6. The third-order valence-corrected chi connectivity index (χ3v) is 6.05. The average molecular weight is 433 g/mol. The first kappa shape index (κ1) is 16.7. The highest BCUT2D eigenvalue weighted by molar-refractivity contribution is 9.11. The quantitative estimate of drug-likeness (QED) is 0.747. The number of hydrogen-bond acceptors (Lipinski definition) is 2. The summed E-state index contributed by atoms with van der Waals surface area (Å²) in [5.41, 5.74) is 0.953. The van der Waals surface area contributed by atoms with Crippen LogP contribution in [0.3, 0.4) is 0 Å². The maximum atomic E-state index is 12.6. The van der Waals surface area contributed by atoms with E-state index in [2.05, 4.69) is 36.6 Å². The van der Waals surface area contributed by atoms with Crippen LogP contribution in [0.2, 0.25) is 0 Å². The Kier molecular flexibility index (Phi) is 5.60. The molecule has 0 aromatic heterocycles. The molecule has 2 aromatic carbocycles. The normalized spacial score (nSPS) is 13.1. The number of hydrogen-bond donors (Lipinski definition) is 1. The van der Waals surface area contributed by atoms with Crippen molar-refractivity contribution in [3.8, 4) is 0 Å². The predicted octanol–water partition coefficient (Wildman–Crippen LogP) is 4.64. The summed E-state index contributed by atoms with van der Waals surface area (Å²) >= 11 is 6.60. The van der Waals surface area contributed by atoms with Gasteiger partial charge in [-0.1, -0.05) is 53.2 Å². The van der Waals surface area contributed by atoms with Crippen molar-refractivity contribution in [1.29, 1.82) is 0 Å². The molecule has 2 aromatic rings. The zero-order chi connectivity index (χ0) is 15.5. The first-order chi connectivity index (χ1) is 9.94. The standard InChI is InChI=1S/C15H15Br2NO2S/c1-2-14(11-6-4-3-5-7-11)18-21(19,20)15-10-12(16)8-9-13(15)17/h3-10,14,18H,2H2,1H3. The molecular formula is C15H15Br2NO2S. The van der Waals surface area contributed by atoms with Crippen LogP contribution in [0.4, 0.5) is 0 Å². The molecule has 0 aliphatic heterocycles. The first-order valence-electron chi connectivity index (χ1n) is 6.46. The van der Waals surface area contributed by atoms with Crippen molar-refractivity contribution < 1.29 is 8.42 Å². The van der Waals surface area contributed by atoms with E-state index in [1.807, 2.05) is 37.3 Å². The number of rotatable bonds is 5. The minimum Gasteiger partial charge on any atom is -0.207 e. The molecule has 2 rings (SSSR count). The van der Waals surface area contributed by atoms with Gasteiger partial charge in [-0.2, -0.15) is 0 Å². The predicted molar refractivity (Wildman–Crippen MR) is 91.6 cm³/mol. The number of benzene rings is 2. The molecule has 21 heavy (non-hydrogen) atoms. The Morgan fingerprint density at radius 3 is 2.38 bits per heavy atom. The Balaban J connectivity index is 2.34. The molecule has 0 saturated heterocycles. The van der Waals surface area contributed by atoms with Crippen LogP contribution in [0.1, 0.15) is 24.9 Å². The van der Waals surface area contributed by atoms with Crippen molar-refractivity contribution in [2.45, 2.75) is 24.3 Å². The van der Waals surface area contributed by atoms with E-state index in [9.17, 15) is 8.42 Å². The van der Waals surface area contributed by atoms with Gasteiger partial charge in [0.1, 0.15) is 0 Å². The Morgan fingerprint density at radius 2 is 1.76 bits per heavy atom. The van der Waals surface area contributed by atoms with Gasteiger partial charge in [-0.25, -0.2) is 13.1 Å². The van der Waals surface area contributed by atoms with Crippen molar-refractivity contribution in [3.05, 3.63) is 63.0 Å². The van der Waals surface area contributed by atoms with E-state index in [0.717, 1.165) is 10.0 Å². The van der Waals surface area contributed by atoms with E-state index in [4.69, 9.17) is 0 Å². The highest BCUT2D eigenvalue weighted by atomic mass is 79.9. The molecule has 6 heteroatoms. The highest BCUT2D eigenvalue weighted by Gasteiger charge is 2.22. The molecule has 0 radical (unpaired) electrons. The molecule has 0 fully saturated rings. The van der Waals surface area contributed by atoms with Gasteiger partial charge in [0.05, 0.1) is 4.90 Å². The zero-order valence-corrected chi connectivity index (χ0v) is 15.4. The van der Waals surface area contributed by atoms with Gasteiger partial charge in [0.25, 0.3) is 0 Å². The number of sulfonamides is 1. The SMILES string of the molecule is CCC(NS(=O)(=O)c1cc(Br)ccc1Br)c1ccccc1. The van der Waals surface area contributed by atoms with E-state index in [0.29, 0.717) is 10.9 Å². The van der Waals surface area contributed by atoms with Crippen LogP contribution < -0.4 is 4.72 Å². The molecule has 0 amide bonds. The maximum Gasteiger partial charge on any atom is 0.242 e. The summed E-state index contributed by atoms with van der Waals surface area (Å²) in [7, 11) is -3.60. The molecule has 0 aliphatic rings. The van der Waals surface area contributed by atoms with Gasteiger partial charge in [-0.05, 0) is 46.1 Å². The Bertz CT molecular complexity index is 718. The van der Waals surface area contributed by atoms with E-state index in [1.54, 1.807) is 18.2 Å². The van der Waals surface area contributed by atoms with Crippen molar-refractivity contribution in [2.24, 2.45) is 0 Å². The molecule has 1 unspecified atom stereocenters. The highest BCUT2D eigenvalue weighted by Crippen LogP contribution is 2.27. The van der Waals surface area contributed by atoms with Gasteiger partial charge in [0.15, 0.2) is 0 Å². The van der Waals surface area contributed by atoms with Crippen molar-refractivity contribution in [1.82, 2.24) is 4.72 Å². The monoisotopic (exact) mass is 431 g/mol. The molecule has 0 heterocycles. The van der Waals surface area contributed by atoms with Crippen LogP contribution in [0.5, 0.6) is 0 Å². The average Bonchev–Trinajstić information content (AvgIpc) is 2.48. The van der Waals surface area contributed by atoms with Crippen molar-refractivity contribution in [3.63, 3.8) is 0 Å². The zero-order valence-electron chi connectivity index (χ0n) is 11.4. The molecule has 112 valence electrons. The van der Waals surface area contributed by atoms with Crippen molar-refractivity contribution in [2.75, 3.05) is 0 Å². The Hall–Kier alpha value is -0.690. The van der Waals surface area contributed by atoms with Crippen LogP contribution >= 0.6 is 31.9 Å². The molecule has 3 nitrogen and oxygen atoms in total. The fourth-order valence-corrected chi connectivity index (χ4v) is 4.82. The Morgan fingerprint density at radius 1 is 1.10 bits per heavy atom. The topological polar surface area (TPSA) is 46.2 Å². The number of nitrogens with one attached hydrogen (secondary N) is 1.